The predicted octanol–water partition coefficient (Wildman–Crippen LogP) is 3.17. The number of likely N-dealkylation sites (N-methyl/N-ethyl adjacent to an activating group) is 1. The summed E-state index contributed by atoms with van der Waals surface area (Å²) in [6, 6.07) is 4.07. The number of amides is 2. The summed E-state index contributed by atoms with van der Waals surface area (Å²) >= 11 is 0. The van der Waals surface area contributed by atoms with Crippen molar-refractivity contribution in [1.82, 2.24) is 30.3 Å². The highest BCUT2D eigenvalue weighted by molar-refractivity contribution is 5.94. The van der Waals surface area contributed by atoms with Crippen molar-refractivity contribution in [3.63, 3.8) is 0 Å². The molecule has 45 heavy (non-hydrogen) atoms. The quantitative estimate of drug-likeness (QED) is 0.443. The van der Waals surface area contributed by atoms with Crippen LogP contribution in [0.3, 0.4) is 0 Å². The third-order valence-electron chi connectivity index (χ3n) is 9.52. The van der Waals surface area contributed by atoms with Crippen molar-refractivity contribution in [2.24, 2.45) is 5.92 Å². The van der Waals surface area contributed by atoms with Crippen LogP contribution in [0.2, 0.25) is 0 Å². The summed E-state index contributed by atoms with van der Waals surface area (Å²) in [5.74, 6) is 2.77. The van der Waals surface area contributed by atoms with Gasteiger partial charge in [-0.25, -0.2) is 4.98 Å². The van der Waals surface area contributed by atoms with Crippen LogP contribution in [0.25, 0.3) is 10.9 Å². The Kier molecular flexibility index (Phi) is 9.29. The molecule has 12 nitrogen and oxygen atoms in total. The van der Waals surface area contributed by atoms with E-state index in [0.717, 1.165) is 85.3 Å². The van der Waals surface area contributed by atoms with E-state index in [4.69, 9.17) is 19.2 Å². The topological polar surface area (TPSA) is 125 Å². The van der Waals surface area contributed by atoms with Crippen molar-refractivity contribution in [3.8, 4) is 17.2 Å². The number of benzene rings is 1. The summed E-state index contributed by atoms with van der Waals surface area (Å²) in [5.41, 5.74) is 4.44. The predicted molar refractivity (Wildman–Crippen MR) is 171 cm³/mol. The fraction of sp³-hybridized carbons (Fsp3) is 0.576. The van der Waals surface area contributed by atoms with Crippen molar-refractivity contribution < 1.29 is 23.8 Å². The zero-order chi connectivity index (χ0) is 31.5. The molecule has 2 aliphatic heterocycles. The zero-order valence-corrected chi connectivity index (χ0v) is 26.9. The first kappa shape index (κ1) is 30.9. The fourth-order valence-electron chi connectivity index (χ4n) is 7.03. The molecule has 3 aliphatic rings. The SMILES string of the molecule is CCN1CCN(C(=O)c2n[nH]c3c2CCC3)CCC(=O)NCC2CCCN(C2)c2nc3cc(OC)c(OC)c(OC)c3cc2C1. The van der Waals surface area contributed by atoms with Gasteiger partial charge in [0.25, 0.3) is 5.91 Å². The molecule has 0 saturated carbocycles. The van der Waals surface area contributed by atoms with E-state index >= 15 is 0 Å². The normalized spacial score (nSPS) is 19.7. The largest absolute Gasteiger partial charge is 0.493 e. The van der Waals surface area contributed by atoms with Crippen LogP contribution in [0, 0.1) is 5.92 Å². The Morgan fingerprint density at radius 2 is 1.84 bits per heavy atom. The summed E-state index contributed by atoms with van der Waals surface area (Å²) in [4.78, 5) is 38.6. The van der Waals surface area contributed by atoms with Crippen molar-refractivity contribution in [1.29, 1.82) is 0 Å². The van der Waals surface area contributed by atoms with E-state index in [2.05, 4.69) is 38.3 Å². The van der Waals surface area contributed by atoms with E-state index in [9.17, 15) is 9.59 Å². The first-order valence-electron chi connectivity index (χ1n) is 16.2. The molecule has 2 amide bonds. The lowest BCUT2D eigenvalue weighted by atomic mass is 9.97. The number of hydrogen-bond donors (Lipinski definition) is 2. The van der Waals surface area contributed by atoms with E-state index in [1.54, 1.807) is 26.2 Å². The minimum absolute atomic E-state index is 0.0305. The van der Waals surface area contributed by atoms with Gasteiger partial charge < -0.3 is 29.3 Å². The van der Waals surface area contributed by atoms with Gasteiger partial charge in [-0.3, -0.25) is 19.6 Å². The third-order valence-corrected chi connectivity index (χ3v) is 9.52. The Hall–Kier alpha value is -4.06. The van der Waals surface area contributed by atoms with Gasteiger partial charge in [0.15, 0.2) is 17.2 Å². The van der Waals surface area contributed by atoms with Crippen molar-refractivity contribution in [2.75, 3.05) is 72.0 Å². The molecule has 2 bridgehead atoms. The average molecular weight is 620 g/mol. The smallest absolute Gasteiger partial charge is 0.274 e. The van der Waals surface area contributed by atoms with Crippen LogP contribution < -0.4 is 24.4 Å². The number of anilines is 1. The number of hydrogen-bond acceptors (Lipinski definition) is 9. The van der Waals surface area contributed by atoms with Crippen LogP contribution in [0.1, 0.15) is 59.9 Å². The number of nitrogens with zero attached hydrogens (tertiary/aromatic N) is 5. The molecule has 0 spiro atoms. The zero-order valence-electron chi connectivity index (χ0n) is 26.9. The maximum absolute atomic E-state index is 13.8. The van der Waals surface area contributed by atoms with Gasteiger partial charge in [0.2, 0.25) is 11.7 Å². The first-order chi connectivity index (χ1) is 21.9. The lowest BCUT2D eigenvalue weighted by Gasteiger charge is -2.35. The second kappa shape index (κ2) is 13.5. The summed E-state index contributed by atoms with van der Waals surface area (Å²) in [5, 5.41) is 11.5. The number of ether oxygens (including phenoxy) is 3. The van der Waals surface area contributed by atoms with Crippen LogP contribution in [0.5, 0.6) is 17.2 Å². The monoisotopic (exact) mass is 619 g/mol. The Balaban J connectivity index is 1.38. The lowest BCUT2D eigenvalue weighted by Crippen LogP contribution is -2.42. The van der Waals surface area contributed by atoms with Crippen LogP contribution in [0.4, 0.5) is 5.82 Å². The van der Waals surface area contributed by atoms with Gasteiger partial charge in [-0.15, -0.1) is 0 Å². The molecule has 2 aromatic heterocycles. The van der Waals surface area contributed by atoms with Crippen molar-refractivity contribution in [2.45, 2.75) is 52.0 Å². The highest BCUT2D eigenvalue weighted by Crippen LogP contribution is 2.44. The molecule has 1 fully saturated rings. The molecule has 1 unspecified atom stereocenters. The fourth-order valence-corrected chi connectivity index (χ4v) is 7.03. The van der Waals surface area contributed by atoms with Crippen molar-refractivity contribution >= 4 is 28.5 Å². The Labute approximate surface area is 264 Å². The van der Waals surface area contributed by atoms with E-state index in [1.807, 2.05) is 6.07 Å². The van der Waals surface area contributed by atoms with Gasteiger partial charge >= 0.3 is 0 Å². The second-order valence-electron chi connectivity index (χ2n) is 12.2. The van der Waals surface area contributed by atoms with E-state index in [0.29, 0.717) is 61.6 Å². The van der Waals surface area contributed by atoms with Gasteiger partial charge in [0, 0.05) is 80.5 Å². The molecule has 4 heterocycles. The number of nitrogens with one attached hydrogen (secondary N) is 2. The molecule has 6 rings (SSSR count). The van der Waals surface area contributed by atoms with Gasteiger partial charge in [0.1, 0.15) is 5.82 Å². The Morgan fingerprint density at radius 3 is 2.62 bits per heavy atom. The van der Waals surface area contributed by atoms with E-state index in [-0.39, 0.29) is 18.2 Å². The molecule has 1 saturated heterocycles. The Bertz CT molecular complexity index is 1560. The average Bonchev–Trinajstić information content (AvgIpc) is 3.69. The summed E-state index contributed by atoms with van der Waals surface area (Å²) in [7, 11) is 4.85. The number of aromatic nitrogens is 3. The number of rotatable bonds is 5. The number of piperidine rings is 1. The third kappa shape index (κ3) is 6.25. The molecule has 3 aromatic rings. The maximum Gasteiger partial charge on any atom is 0.274 e. The highest BCUT2D eigenvalue weighted by atomic mass is 16.5. The molecule has 0 radical (unpaired) electrons. The molecular formula is C33H45N7O5. The molecule has 1 aromatic carbocycles. The number of pyridine rings is 1. The van der Waals surface area contributed by atoms with Crippen LogP contribution in [-0.2, 0) is 24.2 Å². The molecule has 1 atom stereocenters. The van der Waals surface area contributed by atoms with E-state index < -0.39 is 0 Å². The van der Waals surface area contributed by atoms with Crippen LogP contribution in [0.15, 0.2) is 12.1 Å². The lowest BCUT2D eigenvalue weighted by molar-refractivity contribution is -0.121. The van der Waals surface area contributed by atoms with Gasteiger partial charge in [-0.2, -0.15) is 5.10 Å². The number of aryl methyl sites for hydroxylation is 1. The molecule has 1 aliphatic carbocycles. The Morgan fingerprint density at radius 1 is 1.00 bits per heavy atom. The summed E-state index contributed by atoms with van der Waals surface area (Å²) in [6.07, 6.45) is 5.12. The number of carbonyl (C=O) groups excluding carboxylic acids is 2. The minimum atomic E-state index is -0.108. The molecule has 242 valence electrons. The number of H-pyrrole nitrogens is 1. The summed E-state index contributed by atoms with van der Waals surface area (Å²) < 4.78 is 17.2. The van der Waals surface area contributed by atoms with Gasteiger partial charge in [0.05, 0.1) is 26.8 Å². The highest BCUT2D eigenvalue weighted by Gasteiger charge is 2.29. The second-order valence-corrected chi connectivity index (χ2v) is 12.2. The minimum Gasteiger partial charge on any atom is -0.493 e. The number of aromatic amines is 1. The number of fused-ring (bicyclic) bond motifs is 6. The van der Waals surface area contributed by atoms with Crippen molar-refractivity contribution in [3.05, 3.63) is 34.6 Å². The summed E-state index contributed by atoms with van der Waals surface area (Å²) in [6.45, 7) is 7.32. The van der Waals surface area contributed by atoms with Gasteiger partial charge in [-0.05, 0) is 50.6 Å². The van der Waals surface area contributed by atoms with Gasteiger partial charge in [-0.1, -0.05) is 6.92 Å². The standard InChI is InChI=1S/C33H45N7O5/c1-5-38-14-15-39(33(42)29-23-9-6-10-25(23)36-37-29)13-11-28(41)34-18-21-8-7-12-40(19-21)32-22(20-38)16-24-26(35-32)17-27(43-2)31(45-4)30(24)44-3/h16-17,21H,5-15,18-20H2,1-4H3,(H,34,41)(H,36,37). The maximum atomic E-state index is 13.8. The molecular weight excluding hydrogens is 574 g/mol. The number of carbonyl (C=O) groups is 2. The molecule has 12 heteroatoms. The van der Waals surface area contributed by atoms with Crippen LogP contribution in [-0.4, -0.2) is 104 Å². The van der Waals surface area contributed by atoms with E-state index in [1.165, 1.54) is 0 Å². The first-order valence-corrected chi connectivity index (χ1v) is 16.2. The van der Waals surface area contributed by atoms with Crippen LogP contribution >= 0.6 is 0 Å². The molecule has 2 N–H and O–H groups in total. The number of methoxy groups -OCH3 is 3.